The Morgan fingerprint density at radius 1 is 0.829 bits per heavy atom. The third-order valence-electron chi connectivity index (χ3n) is 6.99. The molecule has 3 atom stereocenters. The molecule has 9 heteroatoms. The van der Waals surface area contributed by atoms with Crippen molar-refractivity contribution in [3.05, 3.63) is 47.5 Å². The second-order valence-corrected chi connectivity index (χ2v) is 8.83. The number of carboxylic acids is 1. The van der Waals surface area contributed by atoms with E-state index in [-0.39, 0.29) is 17.2 Å². The van der Waals surface area contributed by atoms with Crippen molar-refractivity contribution in [1.29, 1.82) is 0 Å². The van der Waals surface area contributed by atoms with Crippen LogP contribution in [0.2, 0.25) is 0 Å². The number of fused-ring (bicyclic) bond motifs is 2. The maximum Gasteiger partial charge on any atom is 0.345 e. The summed E-state index contributed by atoms with van der Waals surface area (Å²) in [6, 6.07) is 10.2. The molecule has 0 amide bonds. The minimum atomic E-state index is -2.31. The Morgan fingerprint density at radius 3 is 1.57 bits per heavy atom. The lowest BCUT2D eigenvalue weighted by molar-refractivity contribution is -0.155. The number of rotatable bonds is 7. The van der Waals surface area contributed by atoms with Crippen LogP contribution in [0.5, 0.6) is 23.0 Å². The Bertz CT molecular complexity index is 957. The number of carbonyl (C=O) groups is 1. The van der Waals surface area contributed by atoms with Gasteiger partial charge in [0.25, 0.3) is 0 Å². The van der Waals surface area contributed by atoms with Crippen molar-refractivity contribution >= 4 is 5.97 Å². The molecular formula is C26H35NO8. The number of methoxy groups -OCH3 is 4. The fourth-order valence-electron chi connectivity index (χ4n) is 4.92. The van der Waals surface area contributed by atoms with Gasteiger partial charge in [-0.1, -0.05) is 12.1 Å². The van der Waals surface area contributed by atoms with Crippen LogP contribution in [0.25, 0.3) is 0 Å². The predicted octanol–water partition coefficient (Wildman–Crippen LogP) is 2.65. The number of nitrogens with zero attached hydrogens (tertiary/aromatic N) is 1. The Labute approximate surface area is 205 Å². The van der Waals surface area contributed by atoms with Gasteiger partial charge in [-0.3, -0.25) is 0 Å². The van der Waals surface area contributed by atoms with Crippen LogP contribution in [0.1, 0.15) is 36.8 Å². The van der Waals surface area contributed by atoms with Crippen molar-refractivity contribution < 1.29 is 39.1 Å². The van der Waals surface area contributed by atoms with E-state index in [1.54, 1.807) is 0 Å². The number of ether oxygens (including phenoxy) is 4. The smallest absolute Gasteiger partial charge is 0.345 e. The van der Waals surface area contributed by atoms with Crippen LogP contribution in [0.4, 0.5) is 0 Å². The van der Waals surface area contributed by atoms with Crippen molar-refractivity contribution in [2.24, 2.45) is 0 Å². The van der Waals surface area contributed by atoms with Gasteiger partial charge in [0.15, 0.2) is 23.0 Å². The molecule has 2 bridgehead atoms. The summed E-state index contributed by atoms with van der Waals surface area (Å²) in [5.41, 5.74) is -2.08. The molecule has 9 nitrogen and oxygen atoms in total. The van der Waals surface area contributed by atoms with E-state index in [4.69, 9.17) is 18.9 Å². The number of carboxylic acid groups (broad SMARTS) is 1. The van der Waals surface area contributed by atoms with Gasteiger partial charge in [0.05, 0.1) is 34.5 Å². The number of hydrogen-bond donors (Lipinski definition) is 3. The molecule has 35 heavy (non-hydrogen) atoms. The lowest BCUT2D eigenvalue weighted by Crippen LogP contribution is -2.41. The summed E-state index contributed by atoms with van der Waals surface area (Å²) in [5.74, 6) is 0.0184. The quantitative estimate of drug-likeness (QED) is 0.539. The number of aliphatic hydroxyl groups is 2. The molecule has 0 spiro atoms. The second kappa shape index (κ2) is 11.2. The fourth-order valence-corrected chi connectivity index (χ4v) is 4.92. The van der Waals surface area contributed by atoms with Crippen molar-refractivity contribution in [1.82, 2.24) is 4.90 Å². The van der Waals surface area contributed by atoms with E-state index in [2.05, 4.69) is 11.9 Å². The molecular weight excluding hydrogens is 454 g/mol. The Balaban J connectivity index is 0.000000281. The Hall–Kier alpha value is -3.01. The van der Waals surface area contributed by atoms with Crippen molar-refractivity contribution in [3.63, 3.8) is 0 Å². The zero-order valence-corrected chi connectivity index (χ0v) is 20.9. The summed E-state index contributed by atoms with van der Waals surface area (Å²) >= 11 is 0. The van der Waals surface area contributed by atoms with E-state index in [1.165, 1.54) is 77.7 Å². The number of aliphatic hydroxyl groups excluding tert-OH is 1. The average molecular weight is 490 g/mol. The highest BCUT2D eigenvalue weighted by molar-refractivity contribution is 5.84. The van der Waals surface area contributed by atoms with Gasteiger partial charge in [-0.2, -0.15) is 0 Å². The van der Waals surface area contributed by atoms with E-state index in [1.807, 2.05) is 0 Å². The summed E-state index contributed by atoms with van der Waals surface area (Å²) in [6.45, 7) is 0. The summed E-state index contributed by atoms with van der Waals surface area (Å²) < 4.78 is 20.7. The maximum atomic E-state index is 11.9. The summed E-state index contributed by atoms with van der Waals surface area (Å²) in [5, 5.41) is 30.1. The standard InChI is InChI=1S/C18H20O7.C8H15NO/c1-22-13-7-5-11(9-15(13)24-3)18(21,17(19)20)12-6-8-14(23-2)16(10-12)25-4;1-9-6-2-3-7(9)5-8(10)4-6/h5-10,21H,1-4H3,(H,19,20);6-8,10H,2-5H2,1H3/t;6-,7+,8?. The molecule has 2 saturated heterocycles. The number of piperidine rings is 1. The molecule has 2 aliphatic rings. The van der Waals surface area contributed by atoms with Gasteiger partial charge in [-0.15, -0.1) is 0 Å². The van der Waals surface area contributed by atoms with Crippen LogP contribution in [-0.2, 0) is 10.4 Å². The zero-order valence-electron chi connectivity index (χ0n) is 20.9. The maximum absolute atomic E-state index is 11.9. The summed E-state index contributed by atoms with van der Waals surface area (Å²) in [7, 11) is 7.98. The van der Waals surface area contributed by atoms with E-state index < -0.39 is 11.6 Å². The van der Waals surface area contributed by atoms with Crippen LogP contribution in [-0.4, -0.2) is 79.9 Å². The van der Waals surface area contributed by atoms with Crippen molar-refractivity contribution in [2.45, 2.75) is 49.5 Å². The monoisotopic (exact) mass is 489 g/mol. The lowest BCUT2D eigenvalue weighted by atomic mass is 9.86. The minimum Gasteiger partial charge on any atom is -0.493 e. The normalized spacial score (nSPS) is 21.5. The molecule has 3 N–H and O–H groups in total. The third kappa shape index (κ3) is 5.32. The van der Waals surface area contributed by atoms with E-state index in [0.717, 1.165) is 12.8 Å². The van der Waals surface area contributed by atoms with Gasteiger partial charge in [0.1, 0.15) is 0 Å². The molecule has 0 aliphatic carbocycles. The summed E-state index contributed by atoms with van der Waals surface area (Å²) in [4.78, 5) is 14.4. The highest BCUT2D eigenvalue weighted by atomic mass is 16.5. The molecule has 1 unspecified atom stereocenters. The largest absolute Gasteiger partial charge is 0.493 e. The highest BCUT2D eigenvalue weighted by Crippen LogP contribution is 2.39. The van der Waals surface area contributed by atoms with Gasteiger partial charge in [-0.05, 0) is 57.0 Å². The minimum absolute atomic E-state index is 0.00583. The molecule has 2 aromatic rings. The second-order valence-electron chi connectivity index (χ2n) is 8.83. The molecule has 2 aliphatic heterocycles. The zero-order chi connectivity index (χ0) is 25.8. The topological polar surface area (TPSA) is 118 Å². The third-order valence-corrected chi connectivity index (χ3v) is 6.99. The molecule has 2 heterocycles. The van der Waals surface area contributed by atoms with Crippen LogP contribution in [0.15, 0.2) is 36.4 Å². The van der Waals surface area contributed by atoms with Crippen LogP contribution in [0.3, 0.4) is 0 Å². The lowest BCUT2D eigenvalue weighted by Gasteiger charge is -2.33. The molecule has 0 saturated carbocycles. The number of benzene rings is 2. The molecule has 0 radical (unpaired) electrons. The predicted molar refractivity (Wildman–Crippen MR) is 130 cm³/mol. The van der Waals surface area contributed by atoms with Crippen LogP contribution in [0, 0.1) is 0 Å². The van der Waals surface area contributed by atoms with E-state index >= 15 is 0 Å². The van der Waals surface area contributed by atoms with Gasteiger partial charge in [-0.25, -0.2) is 4.79 Å². The molecule has 2 aromatic carbocycles. The SMILES string of the molecule is CN1[C@@H]2CC[C@H]1CC(O)C2.COc1ccc(C(O)(C(=O)O)c2ccc(OC)c(OC)c2)cc1OC. The van der Waals surface area contributed by atoms with Crippen LogP contribution >= 0.6 is 0 Å². The molecule has 4 rings (SSSR count). The van der Waals surface area contributed by atoms with Gasteiger partial charge in [0.2, 0.25) is 5.60 Å². The molecule has 0 aromatic heterocycles. The van der Waals surface area contributed by atoms with Crippen molar-refractivity contribution in [2.75, 3.05) is 35.5 Å². The molecule has 2 fully saturated rings. The first-order valence-electron chi connectivity index (χ1n) is 11.5. The Kier molecular flexibility index (Phi) is 8.47. The number of aliphatic carboxylic acids is 1. The highest BCUT2D eigenvalue weighted by Gasteiger charge is 2.41. The fraction of sp³-hybridized carbons (Fsp3) is 0.500. The van der Waals surface area contributed by atoms with Crippen LogP contribution < -0.4 is 18.9 Å². The first-order valence-corrected chi connectivity index (χ1v) is 11.5. The first-order chi connectivity index (χ1) is 16.7. The molecule has 192 valence electrons. The van der Waals surface area contributed by atoms with Crippen molar-refractivity contribution in [3.8, 4) is 23.0 Å². The average Bonchev–Trinajstić information content (AvgIpc) is 3.07. The van der Waals surface area contributed by atoms with E-state index in [0.29, 0.717) is 35.1 Å². The van der Waals surface area contributed by atoms with E-state index in [9.17, 15) is 20.1 Å². The first kappa shape index (κ1) is 26.6. The number of hydrogen-bond acceptors (Lipinski definition) is 8. The summed E-state index contributed by atoms with van der Waals surface area (Å²) in [6.07, 6.45) is 4.62. The van der Waals surface area contributed by atoms with Gasteiger partial charge in [0, 0.05) is 23.2 Å². The van der Waals surface area contributed by atoms with Gasteiger partial charge >= 0.3 is 5.97 Å². The Morgan fingerprint density at radius 2 is 1.23 bits per heavy atom. The van der Waals surface area contributed by atoms with Gasteiger partial charge < -0.3 is 39.2 Å².